The summed E-state index contributed by atoms with van der Waals surface area (Å²) in [6.45, 7) is 0.553. The Morgan fingerprint density at radius 1 is 1.39 bits per heavy atom. The van der Waals surface area contributed by atoms with Gasteiger partial charge in [-0.25, -0.2) is 17.5 Å². The fourth-order valence-corrected chi connectivity index (χ4v) is 2.88. The lowest BCUT2D eigenvalue weighted by atomic mass is 10.2. The third-order valence-electron chi connectivity index (χ3n) is 3.06. The zero-order chi connectivity index (χ0) is 13.2. The van der Waals surface area contributed by atoms with Crippen LogP contribution < -0.4 is 10.5 Å². The van der Waals surface area contributed by atoms with Gasteiger partial charge in [0.25, 0.3) is 0 Å². The molecular formula is C12H17FN2O2S. The number of benzene rings is 1. The Balaban J connectivity index is 2.07. The lowest BCUT2D eigenvalue weighted by molar-refractivity contribution is 0.552. The average Bonchev–Trinajstić information content (AvgIpc) is 3.12. The summed E-state index contributed by atoms with van der Waals surface area (Å²) in [5.74, 6) is -0.117. The number of hydrogen-bond acceptors (Lipinski definition) is 3. The highest BCUT2D eigenvalue weighted by Crippen LogP contribution is 2.31. The van der Waals surface area contributed by atoms with Gasteiger partial charge in [0.15, 0.2) is 0 Å². The van der Waals surface area contributed by atoms with Crippen molar-refractivity contribution >= 4 is 10.0 Å². The lowest BCUT2D eigenvalue weighted by Crippen LogP contribution is -2.26. The first kappa shape index (κ1) is 13.5. The molecule has 0 unspecified atom stereocenters. The van der Waals surface area contributed by atoms with Crippen molar-refractivity contribution in [2.24, 2.45) is 11.7 Å². The Labute approximate surface area is 106 Å². The molecule has 0 spiro atoms. The van der Waals surface area contributed by atoms with E-state index in [0.717, 1.165) is 12.5 Å². The summed E-state index contributed by atoms with van der Waals surface area (Å²) in [6, 6.07) is 3.95. The summed E-state index contributed by atoms with van der Waals surface area (Å²) in [6.07, 6.45) is 3.16. The number of rotatable bonds is 6. The van der Waals surface area contributed by atoms with Crippen molar-refractivity contribution in [3.05, 3.63) is 29.6 Å². The van der Waals surface area contributed by atoms with Gasteiger partial charge in [-0.15, -0.1) is 0 Å². The molecule has 6 heteroatoms. The van der Waals surface area contributed by atoms with E-state index < -0.39 is 15.8 Å². The molecule has 100 valence electrons. The predicted octanol–water partition coefficient (Wildman–Crippen LogP) is 1.36. The maximum atomic E-state index is 13.7. The maximum absolute atomic E-state index is 13.7. The van der Waals surface area contributed by atoms with Crippen LogP contribution in [0.1, 0.15) is 24.8 Å². The molecule has 0 aromatic heterocycles. The molecule has 0 aliphatic heterocycles. The lowest BCUT2D eigenvalue weighted by Gasteiger charge is -2.08. The van der Waals surface area contributed by atoms with Gasteiger partial charge in [0.2, 0.25) is 10.0 Å². The normalized spacial score (nSPS) is 15.9. The van der Waals surface area contributed by atoms with Crippen LogP contribution in [0.2, 0.25) is 0 Å². The van der Waals surface area contributed by atoms with E-state index in [1.165, 1.54) is 25.0 Å². The molecule has 0 bridgehead atoms. The standard InChI is InChI=1S/C12H17FN2O2S/c13-11-7-10(8-14)3-4-12(11)18(16,17)15-6-5-9-1-2-9/h3-4,7,9,15H,1-2,5-6,8,14H2. The Morgan fingerprint density at radius 3 is 2.67 bits per heavy atom. The summed E-state index contributed by atoms with van der Waals surface area (Å²) in [4.78, 5) is -0.310. The second-order valence-electron chi connectivity index (χ2n) is 4.60. The fraction of sp³-hybridized carbons (Fsp3) is 0.500. The number of halogens is 1. The summed E-state index contributed by atoms with van der Waals surface area (Å²) in [7, 11) is -3.75. The van der Waals surface area contributed by atoms with Gasteiger partial charge in [0.05, 0.1) is 0 Å². The monoisotopic (exact) mass is 272 g/mol. The minimum Gasteiger partial charge on any atom is -0.326 e. The summed E-state index contributed by atoms with van der Waals surface area (Å²) in [5, 5.41) is 0. The van der Waals surface area contributed by atoms with Crippen LogP contribution in [0.4, 0.5) is 4.39 Å². The fourth-order valence-electron chi connectivity index (χ4n) is 1.77. The molecule has 3 N–H and O–H groups in total. The molecule has 1 saturated carbocycles. The van der Waals surface area contributed by atoms with E-state index in [4.69, 9.17) is 5.73 Å². The van der Waals surface area contributed by atoms with E-state index in [-0.39, 0.29) is 11.4 Å². The van der Waals surface area contributed by atoms with Gasteiger partial charge in [-0.05, 0) is 30.0 Å². The zero-order valence-corrected chi connectivity index (χ0v) is 10.8. The van der Waals surface area contributed by atoms with Crippen LogP contribution in [0.5, 0.6) is 0 Å². The molecule has 0 amide bonds. The van der Waals surface area contributed by atoms with Crippen LogP contribution in [0.3, 0.4) is 0 Å². The van der Waals surface area contributed by atoms with Gasteiger partial charge >= 0.3 is 0 Å². The third kappa shape index (κ3) is 3.28. The molecule has 0 heterocycles. The number of sulfonamides is 1. The van der Waals surface area contributed by atoms with Gasteiger partial charge in [-0.2, -0.15) is 0 Å². The highest BCUT2D eigenvalue weighted by atomic mass is 32.2. The van der Waals surface area contributed by atoms with Gasteiger partial charge in [-0.3, -0.25) is 0 Å². The number of hydrogen-bond donors (Lipinski definition) is 2. The molecule has 2 rings (SSSR count). The zero-order valence-electron chi connectivity index (χ0n) is 10.0. The van der Waals surface area contributed by atoms with Crippen molar-refractivity contribution in [1.29, 1.82) is 0 Å². The molecule has 1 aromatic rings. The van der Waals surface area contributed by atoms with Crippen molar-refractivity contribution in [3.63, 3.8) is 0 Å². The van der Waals surface area contributed by atoms with E-state index in [9.17, 15) is 12.8 Å². The predicted molar refractivity (Wildman–Crippen MR) is 66.8 cm³/mol. The van der Waals surface area contributed by atoms with Crippen LogP contribution in [0.15, 0.2) is 23.1 Å². The van der Waals surface area contributed by atoms with Gasteiger partial charge in [-0.1, -0.05) is 18.9 Å². The second kappa shape index (κ2) is 5.34. The molecule has 1 aliphatic carbocycles. The molecule has 18 heavy (non-hydrogen) atoms. The van der Waals surface area contributed by atoms with Crippen LogP contribution >= 0.6 is 0 Å². The molecule has 0 saturated heterocycles. The molecule has 4 nitrogen and oxygen atoms in total. The van der Waals surface area contributed by atoms with Gasteiger partial charge in [0.1, 0.15) is 10.7 Å². The summed E-state index contributed by atoms with van der Waals surface area (Å²) < 4.78 is 39.8. The molecule has 0 radical (unpaired) electrons. The van der Waals surface area contributed by atoms with Crippen LogP contribution in [0.25, 0.3) is 0 Å². The van der Waals surface area contributed by atoms with Gasteiger partial charge in [0, 0.05) is 13.1 Å². The first-order valence-corrected chi connectivity index (χ1v) is 7.49. The first-order valence-electron chi connectivity index (χ1n) is 6.01. The summed E-state index contributed by atoms with van der Waals surface area (Å²) >= 11 is 0. The SMILES string of the molecule is NCc1ccc(S(=O)(=O)NCCC2CC2)c(F)c1. The maximum Gasteiger partial charge on any atom is 0.243 e. The largest absolute Gasteiger partial charge is 0.326 e. The van der Waals surface area contributed by atoms with Crippen molar-refractivity contribution < 1.29 is 12.8 Å². The van der Waals surface area contributed by atoms with E-state index in [2.05, 4.69) is 4.72 Å². The summed E-state index contributed by atoms with van der Waals surface area (Å²) in [5.41, 5.74) is 5.94. The van der Waals surface area contributed by atoms with E-state index >= 15 is 0 Å². The average molecular weight is 272 g/mol. The van der Waals surface area contributed by atoms with E-state index in [1.54, 1.807) is 0 Å². The molecule has 1 fully saturated rings. The quantitative estimate of drug-likeness (QED) is 0.821. The second-order valence-corrected chi connectivity index (χ2v) is 6.33. The minimum absolute atomic E-state index is 0.187. The Kier molecular flexibility index (Phi) is 3.99. The van der Waals surface area contributed by atoms with Crippen molar-refractivity contribution in [1.82, 2.24) is 4.72 Å². The van der Waals surface area contributed by atoms with Crippen molar-refractivity contribution in [2.75, 3.05) is 6.54 Å². The minimum atomic E-state index is -3.75. The molecule has 1 aromatic carbocycles. The Bertz CT molecular complexity index is 527. The van der Waals surface area contributed by atoms with Crippen LogP contribution in [-0.2, 0) is 16.6 Å². The molecule has 1 aliphatic rings. The van der Waals surface area contributed by atoms with Crippen molar-refractivity contribution in [2.45, 2.75) is 30.7 Å². The van der Waals surface area contributed by atoms with E-state index in [1.807, 2.05) is 0 Å². The van der Waals surface area contributed by atoms with Crippen molar-refractivity contribution in [3.8, 4) is 0 Å². The van der Waals surface area contributed by atoms with E-state index in [0.29, 0.717) is 18.0 Å². The Hall–Kier alpha value is -0.980. The molecule has 0 atom stereocenters. The highest BCUT2D eigenvalue weighted by Gasteiger charge is 2.23. The number of nitrogens with two attached hydrogens (primary N) is 1. The molecular weight excluding hydrogens is 255 g/mol. The first-order chi connectivity index (χ1) is 8.53. The van der Waals surface area contributed by atoms with Crippen LogP contribution in [-0.4, -0.2) is 15.0 Å². The smallest absolute Gasteiger partial charge is 0.243 e. The number of nitrogens with one attached hydrogen (secondary N) is 1. The van der Waals surface area contributed by atoms with Crippen LogP contribution in [0, 0.1) is 11.7 Å². The topological polar surface area (TPSA) is 72.2 Å². The third-order valence-corrected chi connectivity index (χ3v) is 4.56. The van der Waals surface area contributed by atoms with Gasteiger partial charge < -0.3 is 5.73 Å². The highest BCUT2D eigenvalue weighted by molar-refractivity contribution is 7.89. The Morgan fingerprint density at radius 2 is 2.11 bits per heavy atom.